The van der Waals surface area contributed by atoms with Crippen LogP contribution in [0.2, 0.25) is 0 Å². The van der Waals surface area contributed by atoms with Crippen molar-refractivity contribution in [2.45, 2.75) is 44.4 Å². The molecule has 0 spiro atoms. The van der Waals surface area contributed by atoms with E-state index in [1.54, 1.807) is 37.3 Å². The number of fused-ring (bicyclic) bond motifs is 3. The van der Waals surface area contributed by atoms with E-state index in [2.05, 4.69) is 6.58 Å². The lowest BCUT2D eigenvalue weighted by atomic mass is 9.60. The van der Waals surface area contributed by atoms with Crippen molar-refractivity contribution >= 4 is 5.97 Å². The fourth-order valence-electron chi connectivity index (χ4n) is 4.80. The van der Waals surface area contributed by atoms with Crippen molar-refractivity contribution in [1.82, 2.24) is 0 Å². The molecule has 0 saturated heterocycles. The third-order valence-electron chi connectivity index (χ3n) is 6.66. The number of carbonyl (C=O) groups is 1. The fourth-order valence-corrected chi connectivity index (χ4v) is 4.80. The van der Waals surface area contributed by atoms with Crippen molar-refractivity contribution in [2.75, 3.05) is 6.61 Å². The average Bonchev–Trinajstić information content (AvgIpc) is 2.84. The highest BCUT2D eigenvalue weighted by molar-refractivity contribution is 5.90. The first-order chi connectivity index (χ1) is 16.7. The third kappa shape index (κ3) is 4.28. The molecule has 4 unspecified atom stereocenters. The molecule has 184 valence electrons. The van der Waals surface area contributed by atoms with E-state index in [0.717, 1.165) is 18.4 Å². The number of allylic oxidation sites excluding steroid dienone is 4. The van der Waals surface area contributed by atoms with Gasteiger partial charge in [0.15, 0.2) is 23.5 Å². The normalized spacial score (nSPS) is 25.0. The quantitative estimate of drug-likeness (QED) is 0.236. The minimum Gasteiger partial charge on any atom is -0.491 e. The Kier molecular flexibility index (Phi) is 6.88. The largest absolute Gasteiger partial charge is 0.491 e. The Morgan fingerprint density at radius 2 is 1.86 bits per heavy atom. The molecule has 0 heterocycles. The predicted molar refractivity (Wildman–Crippen MR) is 125 cm³/mol. The van der Waals surface area contributed by atoms with Crippen molar-refractivity contribution in [2.24, 2.45) is 5.92 Å². The second kappa shape index (κ2) is 9.72. The topological polar surface area (TPSA) is 35.5 Å². The maximum absolute atomic E-state index is 15.5. The van der Waals surface area contributed by atoms with Gasteiger partial charge in [0.2, 0.25) is 0 Å². The molecule has 0 bridgehead atoms. The molecule has 35 heavy (non-hydrogen) atoms. The molecule has 3 nitrogen and oxygen atoms in total. The van der Waals surface area contributed by atoms with Crippen LogP contribution in [-0.2, 0) is 16.6 Å². The predicted octanol–water partition coefficient (Wildman–Crippen LogP) is 7.19. The van der Waals surface area contributed by atoms with Crippen LogP contribution in [0.5, 0.6) is 5.75 Å². The van der Waals surface area contributed by atoms with Crippen molar-refractivity contribution < 1.29 is 31.8 Å². The Morgan fingerprint density at radius 3 is 2.51 bits per heavy atom. The molecule has 0 amide bonds. The summed E-state index contributed by atoms with van der Waals surface area (Å²) in [5.41, 5.74) is -0.562. The standard InChI is InChI=1S/C28H26F4O3/c1-4-6-7-16-8-10-17(11-9-16)27(33)35-20-14-15-28(3)18-12-13-19(34-5-2)23(29)21(18)25(31)26(32)22(28)24(20)30/h4,8-15,22,25-26H,1,5-7H2,2-3H3. The molecule has 4 rings (SSSR count). The van der Waals surface area contributed by atoms with Crippen LogP contribution in [0.1, 0.15) is 53.5 Å². The van der Waals surface area contributed by atoms with Gasteiger partial charge in [0.25, 0.3) is 0 Å². The van der Waals surface area contributed by atoms with Crippen molar-refractivity contribution in [3.8, 4) is 5.75 Å². The van der Waals surface area contributed by atoms with Crippen LogP contribution in [0.15, 0.2) is 72.8 Å². The Bertz CT molecular complexity index is 1200. The third-order valence-corrected chi connectivity index (χ3v) is 6.66. The second-order valence-corrected chi connectivity index (χ2v) is 8.84. The summed E-state index contributed by atoms with van der Waals surface area (Å²) in [5.74, 6) is -5.22. The minimum atomic E-state index is -2.42. The molecule has 2 aliphatic rings. The number of halogens is 4. The van der Waals surface area contributed by atoms with E-state index in [0.29, 0.717) is 0 Å². The lowest BCUT2D eigenvalue weighted by Crippen LogP contribution is -2.46. The fraction of sp³-hybridized carbons (Fsp3) is 0.321. The zero-order chi connectivity index (χ0) is 25.3. The van der Waals surface area contributed by atoms with Gasteiger partial charge in [-0.2, -0.15) is 0 Å². The number of ether oxygens (including phenoxy) is 2. The highest BCUT2D eigenvalue weighted by Gasteiger charge is 2.55. The summed E-state index contributed by atoms with van der Waals surface area (Å²) in [5, 5.41) is 0. The molecule has 0 N–H and O–H groups in total. The molecule has 0 radical (unpaired) electrons. The van der Waals surface area contributed by atoms with E-state index in [-0.39, 0.29) is 23.5 Å². The summed E-state index contributed by atoms with van der Waals surface area (Å²) in [6.45, 7) is 6.97. The SMILES string of the molecule is C=CCCc1ccc(C(=O)OC2=C(F)C3C(F)C(F)c4c(ccc(OCC)c4F)C3(C)C=C2)cc1. The van der Waals surface area contributed by atoms with E-state index in [9.17, 15) is 9.18 Å². The van der Waals surface area contributed by atoms with E-state index in [4.69, 9.17) is 9.47 Å². The van der Waals surface area contributed by atoms with Gasteiger partial charge in [-0.1, -0.05) is 37.3 Å². The number of hydrogen-bond acceptors (Lipinski definition) is 3. The first-order valence-corrected chi connectivity index (χ1v) is 11.5. The molecule has 0 saturated carbocycles. The lowest BCUT2D eigenvalue weighted by molar-refractivity contribution is 0.0495. The minimum absolute atomic E-state index is 0.122. The zero-order valence-electron chi connectivity index (χ0n) is 19.5. The second-order valence-electron chi connectivity index (χ2n) is 8.84. The van der Waals surface area contributed by atoms with Gasteiger partial charge >= 0.3 is 5.97 Å². The van der Waals surface area contributed by atoms with Crippen molar-refractivity contribution in [3.05, 3.63) is 101 Å². The maximum atomic E-state index is 15.5. The summed E-state index contributed by atoms with van der Waals surface area (Å²) in [7, 11) is 0. The summed E-state index contributed by atoms with van der Waals surface area (Å²) in [6, 6.07) is 9.38. The number of alkyl halides is 2. The van der Waals surface area contributed by atoms with Gasteiger partial charge in [0, 0.05) is 11.0 Å². The average molecular weight is 487 g/mol. The van der Waals surface area contributed by atoms with Gasteiger partial charge in [0.1, 0.15) is 12.0 Å². The van der Waals surface area contributed by atoms with E-state index >= 15 is 13.2 Å². The van der Waals surface area contributed by atoms with Gasteiger partial charge in [-0.15, -0.1) is 6.58 Å². The van der Waals surface area contributed by atoms with Crippen LogP contribution in [0.3, 0.4) is 0 Å². The van der Waals surface area contributed by atoms with Gasteiger partial charge in [-0.05, 0) is 55.2 Å². The molecular weight excluding hydrogens is 460 g/mol. The number of benzene rings is 2. The highest BCUT2D eigenvalue weighted by atomic mass is 19.2. The first kappa shape index (κ1) is 24.8. The van der Waals surface area contributed by atoms with Crippen molar-refractivity contribution in [3.63, 3.8) is 0 Å². The summed E-state index contributed by atoms with van der Waals surface area (Å²) < 4.78 is 71.4. The Morgan fingerprint density at radius 1 is 1.14 bits per heavy atom. The molecule has 2 aromatic carbocycles. The monoisotopic (exact) mass is 486 g/mol. The maximum Gasteiger partial charge on any atom is 0.343 e. The molecule has 4 atom stereocenters. The summed E-state index contributed by atoms with van der Waals surface area (Å²) in [4.78, 5) is 12.6. The van der Waals surface area contributed by atoms with E-state index in [1.165, 1.54) is 31.2 Å². The number of aryl methyl sites for hydroxylation is 1. The number of rotatable bonds is 7. The molecule has 2 aromatic rings. The van der Waals surface area contributed by atoms with Gasteiger partial charge < -0.3 is 9.47 Å². The van der Waals surface area contributed by atoms with Gasteiger partial charge in [0.05, 0.1) is 18.1 Å². The zero-order valence-corrected chi connectivity index (χ0v) is 19.5. The van der Waals surface area contributed by atoms with Gasteiger partial charge in [-0.25, -0.2) is 22.4 Å². The molecular formula is C28H26F4O3. The number of carbonyl (C=O) groups excluding carboxylic acids is 1. The van der Waals surface area contributed by atoms with Crippen molar-refractivity contribution in [1.29, 1.82) is 0 Å². The van der Waals surface area contributed by atoms with E-state index < -0.39 is 52.6 Å². The highest BCUT2D eigenvalue weighted by Crippen LogP contribution is 2.56. The Hall–Kier alpha value is -3.35. The van der Waals surface area contributed by atoms with Crippen LogP contribution in [0, 0.1) is 11.7 Å². The van der Waals surface area contributed by atoms with Crippen LogP contribution in [-0.4, -0.2) is 18.7 Å². The molecule has 0 fully saturated rings. The molecule has 0 aromatic heterocycles. The lowest BCUT2D eigenvalue weighted by Gasteiger charge is -2.45. The summed E-state index contributed by atoms with van der Waals surface area (Å²) >= 11 is 0. The molecule has 2 aliphatic carbocycles. The molecule has 0 aliphatic heterocycles. The summed E-state index contributed by atoms with van der Waals surface area (Å²) in [6.07, 6.45) is 1.16. The van der Waals surface area contributed by atoms with Crippen LogP contribution >= 0.6 is 0 Å². The smallest absolute Gasteiger partial charge is 0.343 e. The number of hydrogen-bond donors (Lipinski definition) is 0. The first-order valence-electron chi connectivity index (χ1n) is 11.5. The van der Waals surface area contributed by atoms with Crippen LogP contribution in [0.4, 0.5) is 17.6 Å². The molecule has 7 heteroatoms. The van der Waals surface area contributed by atoms with Crippen LogP contribution in [0.25, 0.3) is 0 Å². The van der Waals surface area contributed by atoms with Gasteiger partial charge in [-0.3, -0.25) is 0 Å². The Labute approximate surface area is 201 Å². The Balaban J connectivity index is 1.64. The number of esters is 1. The van der Waals surface area contributed by atoms with E-state index in [1.807, 2.05) is 0 Å². The van der Waals surface area contributed by atoms with Crippen LogP contribution < -0.4 is 4.74 Å².